The monoisotopic (exact) mass is 280 g/mol. The second kappa shape index (κ2) is 5.19. The highest BCUT2D eigenvalue weighted by molar-refractivity contribution is 8.01. The lowest BCUT2D eigenvalue weighted by atomic mass is 10.5. The highest BCUT2D eigenvalue weighted by Gasteiger charge is 2.27. The van der Waals surface area contributed by atoms with Crippen LogP contribution in [0.1, 0.15) is 30.7 Å². The number of rotatable bonds is 5. The molecule has 1 fully saturated rings. The van der Waals surface area contributed by atoms with Gasteiger partial charge in [0.1, 0.15) is 16.4 Å². The van der Waals surface area contributed by atoms with E-state index in [4.69, 9.17) is 4.74 Å². The van der Waals surface area contributed by atoms with Crippen LogP contribution in [-0.4, -0.2) is 26.8 Å². The molecule has 7 heteroatoms. The summed E-state index contributed by atoms with van der Waals surface area (Å²) < 4.78 is 6.27. The van der Waals surface area contributed by atoms with Crippen molar-refractivity contribution in [1.29, 1.82) is 0 Å². The average Bonchev–Trinajstić information content (AvgIpc) is 3.12. The van der Waals surface area contributed by atoms with Gasteiger partial charge in [-0.25, -0.2) is 9.97 Å². The predicted octanol–water partition coefficient (Wildman–Crippen LogP) is 2.76. The molecule has 0 aromatic carbocycles. The molecule has 94 valence electrons. The normalized spacial score (nSPS) is 14.7. The Kier molecular flexibility index (Phi) is 3.42. The Morgan fingerprint density at radius 3 is 3.06 bits per heavy atom. The Bertz CT molecular complexity index is 541. The van der Waals surface area contributed by atoms with E-state index in [9.17, 15) is 0 Å². The van der Waals surface area contributed by atoms with Crippen molar-refractivity contribution >= 4 is 23.1 Å². The second-order valence-electron chi connectivity index (χ2n) is 3.91. The molecule has 0 unspecified atom stereocenters. The molecule has 0 radical (unpaired) electrons. The first kappa shape index (κ1) is 11.9. The molecule has 0 saturated heterocycles. The SMILES string of the molecule is CCOc1cc(Sc2nnc(C3CC3)s2)ncn1. The largest absolute Gasteiger partial charge is 0.478 e. The minimum atomic E-state index is 0.599. The fourth-order valence-electron chi connectivity index (χ4n) is 1.45. The molecule has 0 N–H and O–H groups in total. The van der Waals surface area contributed by atoms with Crippen molar-refractivity contribution in [1.82, 2.24) is 20.2 Å². The van der Waals surface area contributed by atoms with Crippen molar-refractivity contribution in [3.05, 3.63) is 17.4 Å². The van der Waals surface area contributed by atoms with E-state index in [0.717, 1.165) is 14.4 Å². The number of ether oxygens (including phenoxy) is 1. The maximum Gasteiger partial charge on any atom is 0.217 e. The maximum absolute atomic E-state index is 5.34. The van der Waals surface area contributed by atoms with Crippen molar-refractivity contribution in [2.45, 2.75) is 35.0 Å². The van der Waals surface area contributed by atoms with Crippen LogP contribution in [-0.2, 0) is 0 Å². The number of aromatic nitrogens is 4. The summed E-state index contributed by atoms with van der Waals surface area (Å²) in [6.07, 6.45) is 4.01. The molecule has 2 aromatic heterocycles. The molecule has 2 heterocycles. The first-order valence-electron chi connectivity index (χ1n) is 5.81. The molecule has 0 amide bonds. The van der Waals surface area contributed by atoms with Gasteiger partial charge in [-0.3, -0.25) is 0 Å². The van der Waals surface area contributed by atoms with E-state index in [-0.39, 0.29) is 0 Å². The van der Waals surface area contributed by atoms with Crippen LogP contribution in [0.15, 0.2) is 21.8 Å². The van der Waals surface area contributed by atoms with Crippen LogP contribution < -0.4 is 4.74 Å². The standard InChI is InChI=1S/C11H12N4OS2/c1-2-16-8-5-9(13-6-12-8)17-11-15-14-10(18-11)7-3-4-7/h5-7H,2-4H2,1H3. The van der Waals surface area contributed by atoms with Crippen LogP contribution in [0.25, 0.3) is 0 Å². The fourth-order valence-corrected chi connectivity index (χ4v) is 3.40. The summed E-state index contributed by atoms with van der Waals surface area (Å²) in [4.78, 5) is 8.23. The lowest BCUT2D eigenvalue weighted by molar-refractivity contribution is 0.325. The number of nitrogens with zero attached hydrogens (tertiary/aromatic N) is 4. The van der Waals surface area contributed by atoms with Crippen molar-refractivity contribution in [2.75, 3.05) is 6.61 Å². The second-order valence-corrected chi connectivity index (χ2v) is 6.19. The zero-order valence-electron chi connectivity index (χ0n) is 9.87. The third-order valence-corrected chi connectivity index (χ3v) is 4.52. The molecule has 0 atom stereocenters. The predicted molar refractivity (Wildman–Crippen MR) is 69.2 cm³/mol. The summed E-state index contributed by atoms with van der Waals surface area (Å²) in [5.41, 5.74) is 0. The average molecular weight is 280 g/mol. The molecule has 1 aliphatic rings. The quantitative estimate of drug-likeness (QED) is 0.785. The third-order valence-electron chi connectivity index (χ3n) is 2.45. The van der Waals surface area contributed by atoms with E-state index in [2.05, 4.69) is 20.2 Å². The van der Waals surface area contributed by atoms with Crippen LogP contribution in [0.4, 0.5) is 0 Å². The first-order valence-corrected chi connectivity index (χ1v) is 7.44. The van der Waals surface area contributed by atoms with Crippen LogP contribution in [0.2, 0.25) is 0 Å². The summed E-state index contributed by atoms with van der Waals surface area (Å²) in [6, 6.07) is 1.83. The fraction of sp³-hybridized carbons (Fsp3) is 0.455. The summed E-state index contributed by atoms with van der Waals surface area (Å²) >= 11 is 3.16. The number of hydrogen-bond acceptors (Lipinski definition) is 7. The Morgan fingerprint density at radius 1 is 1.39 bits per heavy atom. The molecular formula is C11H12N4OS2. The van der Waals surface area contributed by atoms with Gasteiger partial charge in [0.05, 0.1) is 6.61 Å². The third kappa shape index (κ3) is 2.78. The van der Waals surface area contributed by atoms with E-state index in [1.807, 2.05) is 13.0 Å². The van der Waals surface area contributed by atoms with Crippen LogP contribution in [0.3, 0.4) is 0 Å². The topological polar surface area (TPSA) is 60.8 Å². The van der Waals surface area contributed by atoms with Crippen molar-refractivity contribution in [3.63, 3.8) is 0 Å². The highest BCUT2D eigenvalue weighted by Crippen LogP contribution is 2.43. The van der Waals surface area contributed by atoms with Gasteiger partial charge in [-0.05, 0) is 31.5 Å². The van der Waals surface area contributed by atoms with Gasteiger partial charge in [0.2, 0.25) is 5.88 Å². The molecule has 0 bridgehead atoms. The van der Waals surface area contributed by atoms with Crippen molar-refractivity contribution < 1.29 is 4.74 Å². The van der Waals surface area contributed by atoms with Gasteiger partial charge in [-0.2, -0.15) is 0 Å². The molecule has 5 nitrogen and oxygen atoms in total. The lowest BCUT2D eigenvalue weighted by Crippen LogP contribution is -1.95. The molecular weight excluding hydrogens is 268 g/mol. The molecule has 0 aliphatic heterocycles. The van der Waals surface area contributed by atoms with Crippen LogP contribution >= 0.6 is 23.1 Å². The minimum Gasteiger partial charge on any atom is -0.478 e. The van der Waals surface area contributed by atoms with E-state index < -0.39 is 0 Å². The zero-order valence-corrected chi connectivity index (χ0v) is 11.5. The van der Waals surface area contributed by atoms with Gasteiger partial charge in [0.15, 0.2) is 4.34 Å². The molecule has 18 heavy (non-hydrogen) atoms. The van der Waals surface area contributed by atoms with E-state index in [0.29, 0.717) is 18.4 Å². The summed E-state index contributed by atoms with van der Waals surface area (Å²) in [5.74, 6) is 1.25. The molecule has 2 aromatic rings. The minimum absolute atomic E-state index is 0.599. The highest BCUT2D eigenvalue weighted by atomic mass is 32.2. The van der Waals surface area contributed by atoms with Gasteiger partial charge in [-0.1, -0.05) is 11.3 Å². The first-order chi connectivity index (χ1) is 8.85. The Balaban J connectivity index is 1.72. The van der Waals surface area contributed by atoms with E-state index >= 15 is 0 Å². The van der Waals surface area contributed by atoms with Gasteiger partial charge in [0.25, 0.3) is 0 Å². The van der Waals surface area contributed by atoms with Crippen LogP contribution in [0, 0.1) is 0 Å². The summed E-state index contributed by atoms with van der Waals surface area (Å²) in [7, 11) is 0. The zero-order chi connectivity index (χ0) is 12.4. The van der Waals surface area contributed by atoms with Gasteiger partial charge >= 0.3 is 0 Å². The van der Waals surface area contributed by atoms with Crippen LogP contribution in [0.5, 0.6) is 5.88 Å². The molecule has 0 spiro atoms. The van der Waals surface area contributed by atoms with Crippen molar-refractivity contribution in [3.8, 4) is 5.88 Å². The smallest absolute Gasteiger partial charge is 0.217 e. The van der Waals surface area contributed by atoms with E-state index in [1.54, 1.807) is 11.3 Å². The van der Waals surface area contributed by atoms with E-state index in [1.165, 1.54) is 30.9 Å². The molecule has 1 saturated carbocycles. The maximum atomic E-state index is 5.34. The van der Waals surface area contributed by atoms with Gasteiger partial charge in [-0.15, -0.1) is 10.2 Å². The molecule has 1 aliphatic carbocycles. The lowest BCUT2D eigenvalue weighted by Gasteiger charge is -2.01. The Morgan fingerprint density at radius 2 is 2.28 bits per heavy atom. The van der Waals surface area contributed by atoms with Crippen molar-refractivity contribution in [2.24, 2.45) is 0 Å². The number of hydrogen-bond donors (Lipinski definition) is 0. The molecule has 3 rings (SSSR count). The summed E-state index contributed by atoms with van der Waals surface area (Å²) in [5, 5.41) is 10.4. The van der Waals surface area contributed by atoms with Gasteiger partial charge < -0.3 is 4.74 Å². The Labute approximate surface area is 113 Å². The summed E-state index contributed by atoms with van der Waals surface area (Å²) in [6.45, 7) is 2.54. The van der Waals surface area contributed by atoms with Gasteiger partial charge in [0, 0.05) is 12.0 Å². The Hall–Kier alpha value is -1.21.